The van der Waals surface area contributed by atoms with E-state index in [0.29, 0.717) is 11.8 Å². The summed E-state index contributed by atoms with van der Waals surface area (Å²) < 4.78 is 13.7. The Morgan fingerprint density at radius 3 is 2.19 bits per heavy atom. The Kier molecular flexibility index (Phi) is 10.3. The van der Waals surface area contributed by atoms with Gasteiger partial charge in [-0.25, -0.2) is 14.0 Å². The summed E-state index contributed by atoms with van der Waals surface area (Å²) in [4.78, 5) is 36.4. The minimum Gasteiger partial charge on any atom is -0.473 e. The largest absolute Gasteiger partial charge is 0.473 e. The lowest BCUT2D eigenvalue weighted by Gasteiger charge is -2.42. The molecule has 8 heteroatoms. The van der Waals surface area contributed by atoms with Gasteiger partial charge in [-0.2, -0.15) is 0 Å². The van der Waals surface area contributed by atoms with Crippen molar-refractivity contribution in [3.05, 3.63) is 35.1 Å². The summed E-state index contributed by atoms with van der Waals surface area (Å²) in [6.07, 6.45) is 11.2. The summed E-state index contributed by atoms with van der Waals surface area (Å²) >= 11 is 0. The second-order valence-corrected chi connectivity index (χ2v) is 10.8. The molecular formula is C28H41FN2O5. The van der Waals surface area contributed by atoms with E-state index in [2.05, 4.69) is 23.6 Å². The topological polar surface area (TPSA) is 98.2 Å². The lowest BCUT2D eigenvalue weighted by molar-refractivity contribution is -0.159. The molecule has 7 nitrogen and oxygen atoms in total. The van der Waals surface area contributed by atoms with Crippen molar-refractivity contribution in [3.63, 3.8) is 0 Å². The molecular weight excluding hydrogens is 463 g/mol. The molecule has 3 aliphatic rings. The highest BCUT2D eigenvalue weighted by Crippen LogP contribution is 2.37. The van der Waals surface area contributed by atoms with Crippen molar-refractivity contribution in [2.24, 2.45) is 17.8 Å². The number of carboxylic acid groups (broad SMARTS) is 2. The van der Waals surface area contributed by atoms with Crippen LogP contribution in [0, 0.1) is 23.6 Å². The molecule has 36 heavy (non-hydrogen) atoms. The van der Waals surface area contributed by atoms with Gasteiger partial charge in [0.05, 0.1) is 6.04 Å². The molecule has 1 saturated heterocycles. The van der Waals surface area contributed by atoms with E-state index >= 15 is 0 Å². The van der Waals surface area contributed by atoms with Crippen molar-refractivity contribution in [2.45, 2.75) is 77.7 Å². The Balaban J connectivity index is 0.000000538. The second-order valence-electron chi connectivity index (χ2n) is 10.8. The zero-order chi connectivity index (χ0) is 26.2. The number of carboxylic acids is 2. The van der Waals surface area contributed by atoms with E-state index in [0.717, 1.165) is 55.9 Å². The highest BCUT2D eigenvalue weighted by atomic mass is 19.1. The van der Waals surface area contributed by atoms with Crippen molar-refractivity contribution in [3.8, 4) is 0 Å². The van der Waals surface area contributed by atoms with E-state index in [1.165, 1.54) is 45.1 Å². The van der Waals surface area contributed by atoms with E-state index in [-0.39, 0.29) is 17.8 Å². The number of hydrogen-bond acceptors (Lipinski definition) is 4. The maximum Gasteiger partial charge on any atom is 0.414 e. The van der Waals surface area contributed by atoms with Crippen LogP contribution in [0.4, 0.5) is 4.39 Å². The van der Waals surface area contributed by atoms with Crippen LogP contribution >= 0.6 is 0 Å². The van der Waals surface area contributed by atoms with Gasteiger partial charge >= 0.3 is 11.9 Å². The third kappa shape index (κ3) is 7.51. The van der Waals surface area contributed by atoms with Gasteiger partial charge in [0.2, 0.25) is 5.91 Å². The van der Waals surface area contributed by atoms with Crippen LogP contribution < -0.4 is 0 Å². The first-order valence-corrected chi connectivity index (χ1v) is 13.4. The molecule has 0 radical (unpaired) electrons. The minimum absolute atomic E-state index is 0.0752. The average molecular weight is 505 g/mol. The summed E-state index contributed by atoms with van der Waals surface area (Å²) in [7, 11) is 0. The molecule has 1 aliphatic carbocycles. The van der Waals surface area contributed by atoms with Gasteiger partial charge in [0.15, 0.2) is 0 Å². The Hall–Kier alpha value is -2.48. The number of carbonyl (C=O) groups is 3. The number of carbonyl (C=O) groups excluding carboxylic acids is 1. The van der Waals surface area contributed by atoms with Crippen LogP contribution in [0.25, 0.3) is 0 Å². The van der Waals surface area contributed by atoms with Gasteiger partial charge in [0.1, 0.15) is 5.82 Å². The van der Waals surface area contributed by atoms with Crippen molar-refractivity contribution in [1.29, 1.82) is 0 Å². The summed E-state index contributed by atoms with van der Waals surface area (Å²) in [6.45, 7) is 8.41. The van der Waals surface area contributed by atoms with Crippen LogP contribution in [-0.2, 0) is 20.8 Å². The van der Waals surface area contributed by atoms with E-state index < -0.39 is 11.9 Å². The Morgan fingerprint density at radius 2 is 1.61 bits per heavy atom. The van der Waals surface area contributed by atoms with Crippen molar-refractivity contribution in [1.82, 2.24) is 9.80 Å². The normalized spacial score (nSPS) is 21.4. The third-order valence-corrected chi connectivity index (χ3v) is 7.99. The van der Waals surface area contributed by atoms with E-state index in [4.69, 9.17) is 19.8 Å². The van der Waals surface area contributed by atoms with Crippen LogP contribution in [0.15, 0.2) is 18.2 Å². The van der Waals surface area contributed by atoms with E-state index in [1.54, 1.807) is 12.1 Å². The number of aliphatic carboxylic acids is 2. The average Bonchev–Trinajstić information content (AvgIpc) is 2.87. The number of nitrogens with zero attached hydrogens (tertiary/aromatic N) is 2. The SMILES string of the molecule is CC(C)C1c2ccc(F)cc2CCN1C(=O)C1CCN(CCC2CCCCC2)CC1.O=C(O)C(=O)O. The molecule has 2 heterocycles. The van der Waals surface area contributed by atoms with E-state index in [9.17, 15) is 9.18 Å². The Morgan fingerprint density at radius 1 is 0.972 bits per heavy atom. The summed E-state index contributed by atoms with van der Waals surface area (Å²) in [5.74, 6) is -2.08. The molecule has 1 aromatic rings. The fraction of sp³-hybridized carbons (Fsp3) is 0.679. The van der Waals surface area contributed by atoms with Gasteiger partial charge in [-0.3, -0.25) is 4.79 Å². The molecule has 1 atom stereocenters. The van der Waals surface area contributed by atoms with Crippen LogP contribution in [0.5, 0.6) is 0 Å². The number of piperidine rings is 1. The molecule has 1 saturated carbocycles. The quantitative estimate of drug-likeness (QED) is 0.562. The predicted octanol–water partition coefficient (Wildman–Crippen LogP) is 4.75. The number of fused-ring (bicyclic) bond motifs is 1. The standard InChI is InChI=1S/C26H39FN2O.C2H2O4/c1-19(2)25-24-9-8-23(27)18-22(24)13-17-29(25)26(30)21-11-15-28(16-12-21)14-10-20-6-4-3-5-7-20;3-1(4)2(5)6/h8-9,18-21,25H,3-7,10-17H2,1-2H3;(H,3,4)(H,5,6). The summed E-state index contributed by atoms with van der Waals surface area (Å²) in [5, 5.41) is 14.8. The maximum absolute atomic E-state index is 13.7. The minimum atomic E-state index is -1.82. The lowest BCUT2D eigenvalue weighted by atomic mass is 9.84. The molecule has 0 bridgehead atoms. The van der Waals surface area contributed by atoms with Gasteiger partial charge in [-0.15, -0.1) is 0 Å². The molecule has 2 N–H and O–H groups in total. The first-order chi connectivity index (χ1) is 17.2. The van der Waals surface area contributed by atoms with Gasteiger partial charge in [0, 0.05) is 12.5 Å². The zero-order valence-corrected chi connectivity index (χ0v) is 21.6. The molecule has 2 fully saturated rings. The number of rotatable bonds is 5. The fourth-order valence-electron chi connectivity index (χ4n) is 6.07. The van der Waals surface area contributed by atoms with Gasteiger partial charge in [-0.1, -0.05) is 52.0 Å². The summed E-state index contributed by atoms with van der Waals surface area (Å²) in [5.41, 5.74) is 2.23. The van der Waals surface area contributed by atoms with E-state index in [1.807, 2.05) is 6.07 Å². The molecule has 1 aromatic carbocycles. The van der Waals surface area contributed by atoms with Crippen molar-refractivity contribution in [2.75, 3.05) is 26.2 Å². The first-order valence-electron chi connectivity index (χ1n) is 13.4. The highest BCUT2D eigenvalue weighted by molar-refractivity contribution is 6.27. The third-order valence-electron chi connectivity index (χ3n) is 7.99. The van der Waals surface area contributed by atoms with Gasteiger partial charge in [0.25, 0.3) is 0 Å². The zero-order valence-electron chi connectivity index (χ0n) is 21.6. The molecule has 1 amide bonds. The Bertz CT molecular complexity index is 895. The molecule has 4 rings (SSSR count). The lowest BCUT2D eigenvalue weighted by Crippen LogP contribution is -2.47. The van der Waals surface area contributed by atoms with Crippen LogP contribution in [0.3, 0.4) is 0 Å². The fourth-order valence-corrected chi connectivity index (χ4v) is 6.07. The van der Waals surface area contributed by atoms with Crippen molar-refractivity contribution < 1.29 is 29.0 Å². The predicted molar refractivity (Wildman–Crippen MR) is 135 cm³/mol. The maximum atomic E-state index is 13.7. The number of amides is 1. The first kappa shape index (κ1) is 28.1. The smallest absolute Gasteiger partial charge is 0.414 e. The monoisotopic (exact) mass is 504 g/mol. The molecule has 0 spiro atoms. The van der Waals surface area contributed by atoms with Crippen molar-refractivity contribution >= 4 is 17.8 Å². The summed E-state index contributed by atoms with van der Waals surface area (Å²) in [6, 6.07) is 5.19. The van der Waals surface area contributed by atoms with Crippen LogP contribution in [0.1, 0.15) is 82.4 Å². The van der Waals surface area contributed by atoms with Crippen LogP contribution in [-0.4, -0.2) is 64.0 Å². The van der Waals surface area contributed by atoms with Gasteiger partial charge in [-0.05, 0) is 80.4 Å². The highest BCUT2D eigenvalue weighted by Gasteiger charge is 2.37. The number of benzene rings is 1. The second kappa shape index (κ2) is 13.2. The van der Waals surface area contributed by atoms with Crippen LogP contribution in [0.2, 0.25) is 0 Å². The molecule has 2 aliphatic heterocycles. The molecule has 1 unspecified atom stereocenters. The molecule has 0 aromatic heterocycles. The Labute approximate surface area is 213 Å². The number of halogens is 1. The molecule has 200 valence electrons. The number of hydrogen-bond donors (Lipinski definition) is 2. The van der Waals surface area contributed by atoms with Gasteiger partial charge < -0.3 is 20.0 Å². The number of likely N-dealkylation sites (tertiary alicyclic amines) is 1.